The second kappa shape index (κ2) is 7.02. The number of aliphatic hydroxyl groups is 1. The molecule has 0 aliphatic heterocycles. The van der Waals surface area contributed by atoms with Crippen molar-refractivity contribution < 1.29 is 10.2 Å². The van der Waals surface area contributed by atoms with Crippen LogP contribution in [0.15, 0.2) is 53.0 Å². The van der Waals surface area contributed by atoms with Crippen LogP contribution in [0.2, 0.25) is 0 Å². The molecule has 2 N–H and O–H groups in total. The molecule has 4 heteroatoms. The molecule has 0 atom stereocenters. The van der Waals surface area contributed by atoms with Gasteiger partial charge in [-0.1, -0.05) is 40.2 Å². The van der Waals surface area contributed by atoms with Crippen LogP contribution in [0, 0.1) is 6.92 Å². The molecule has 0 saturated carbocycles. The van der Waals surface area contributed by atoms with E-state index in [2.05, 4.69) is 64.8 Å². The Bertz CT molecular complexity index is 1160. The van der Waals surface area contributed by atoms with Crippen LogP contribution in [0.4, 0.5) is 0 Å². The van der Waals surface area contributed by atoms with Gasteiger partial charge in [0.25, 0.3) is 0 Å². The number of aryl methyl sites for hydroxylation is 3. The average molecular weight is 424 g/mol. The van der Waals surface area contributed by atoms with Crippen LogP contribution in [0.3, 0.4) is 0 Å². The molecule has 0 spiro atoms. The number of aromatic hydroxyl groups is 1. The first-order valence-corrected chi connectivity index (χ1v) is 9.91. The van der Waals surface area contributed by atoms with Gasteiger partial charge in [0.1, 0.15) is 5.75 Å². The Balaban J connectivity index is 2.13. The third-order valence-corrected chi connectivity index (χ3v) is 5.81. The molecule has 0 radical (unpaired) electrons. The summed E-state index contributed by atoms with van der Waals surface area (Å²) in [5.41, 5.74) is 5.42. The Kier molecular flexibility index (Phi) is 4.70. The summed E-state index contributed by atoms with van der Waals surface area (Å²) in [6.07, 6.45) is 1.46. The van der Waals surface area contributed by atoms with E-state index in [9.17, 15) is 10.2 Å². The number of aliphatic hydroxyl groups excluding tert-OH is 1. The SMILES string of the molecule is Cc1cccc2c1c(CCCO)c(-c1c(O)ccc3cc(Br)ccc13)n2C. The van der Waals surface area contributed by atoms with E-state index in [0.29, 0.717) is 6.42 Å². The summed E-state index contributed by atoms with van der Waals surface area (Å²) in [7, 11) is 2.05. The van der Waals surface area contributed by atoms with Crippen molar-refractivity contribution in [2.24, 2.45) is 7.05 Å². The average Bonchev–Trinajstić information content (AvgIpc) is 2.93. The number of aromatic nitrogens is 1. The standard InChI is InChI=1S/C23H22BrNO2/c1-14-5-3-7-19-21(14)18(6-4-12-26)23(25(19)2)22-17-10-9-16(24)13-15(17)8-11-20(22)27/h3,5,7-11,13,26-27H,4,6,12H2,1-2H3. The van der Waals surface area contributed by atoms with Gasteiger partial charge in [-0.3, -0.25) is 0 Å². The van der Waals surface area contributed by atoms with Crippen LogP contribution in [0.1, 0.15) is 17.5 Å². The van der Waals surface area contributed by atoms with Gasteiger partial charge in [-0.25, -0.2) is 0 Å². The number of nitrogens with zero attached hydrogens (tertiary/aromatic N) is 1. The monoisotopic (exact) mass is 423 g/mol. The molecule has 27 heavy (non-hydrogen) atoms. The van der Waals surface area contributed by atoms with Crippen LogP contribution in [-0.4, -0.2) is 21.4 Å². The van der Waals surface area contributed by atoms with Crippen molar-refractivity contribution in [2.75, 3.05) is 6.61 Å². The van der Waals surface area contributed by atoms with Crippen LogP contribution >= 0.6 is 15.9 Å². The van der Waals surface area contributed by atoms with Gasteiger partial charge in [-0.15, -0.1) is 0 Å². The predicted octanol–water partition coefficient (Wildman–Crippen LogP) is 5.70. The quantitative estimate of drug-likeness (QED) is 0.442. The summed E-state index contributed by atoms with van der Waals surface area (Å²) in [6.45, 7) is 2.27. The summed E-state index contributed by atoms with van der Waals surface area (Å²) in [6, 6.07) is 16.1. The second-order valence-electron chi connectivity index (χ2n) is 7.01. The molecule has 0 aliphatic carbocycles. The molecule has 3 nitrogen and oxygen atoms in total. The fourth-order valence-corrected chi connectivity index (χ4v) is 4.50. The molecule has 3 aromatic carbocycles. The Morgan fingerprint density at radius 2 is 1.89 bits per heavy atom. The number of halogens is 1. The third-order valence-electron chi connectivity index (χ3n) is 5.32. The largest absolute Gasteiger partial charge is 0.507 e. The van der Waals surface area contributed by atoms with E-state index in [-0.39, 0.29) is 12.4 Å². The second-order valence-corrected chi connectivity index (χ2v) is 7.92. The molecular weight excluding hydrogens is 402 g/mol. The van der Waals surface area contributed by atoms with Gasteiger partial charge in [0.2, 0.25) is 0 Å². The van der Waals surface area contributed by atoms with Gasteiger partial charge in [-0.05, 0) is 65.9 Å². The van der Waals surface area contributed by atoms with E-state index < -0.39 is 0 Å². The molecule has 0 bridgehead atoms. The third kappa shape index (κ3) is 2.93. The number of phenols is 1. The first-order valence-electron chi connectivity index (χ1n) is 9.12. The van der Waals surface area contributed by atoms with Crippen LogP contribution in [0.5, 0.6) is 5.75 Å². The van der Waals surface area contributed by atoms with Crippen LogP contribution in [0.25, 0.3) is 32.9 Å². The van der Waals surface area contributed by atoms with Crippen molar-refractivity contribution in [3.8, 4) is 17.0 Å². The molecule has 1 aromatic heterocycles. The molecule has 4 rings (SSSR count). The van der Waals surface area contributed by atoms with E-state index in [1.165, 1.54) is 16.5 Å². The van der Waals surface area contributed by atoms with Crippen molar-refractivity contribution in [3.05, 3.63) is 64.1 Å². The lowest BCUT2D eigenvalue weighted by Gasteiger charge is -2.14. The summed E-state index contributed by atoms with van der Waals surface area (Å²) < 4.78 is 3.19. The molecule has 138 valence electrons. The maximum Gasteiger partial charge on any atom is 0.125 e. The van der Waals surface area contributed by atoms with Crippen LogP contribution in [-0.2, 0) is 13.5 Å². The number of hydrogen-bond donors (Lipinski definition) is 2. The zero-order chi connectivity index (χ0) is 19.1. The molecular formula is C23H22BrNO2. The topological polar surface area (TPSA) is 45.4 Å². The number of fused-ring (bicyclic) bond motifs is 2. The minimum Gasteiger partial charge on any atom is -0.507 e. The Morgan fingerprint density at radius 1 is 1.07 bits per heavy atom. The zero-order valence-electron chi connectivity index (χ0n) is 15.5. The van der Waals surface area contributed by atoms with E-state index in [1.54, 1.807) is 6.07 Å². The minimum absolute atomic E-state index is 0.149. The van der Waals surface area contributed by atoms with Crippen molar-refractivity contribution in [1.82, 2.24) is 4.57 Å². The molecule has 0 aliphatic rings. The van der Waals surface area contributed by atoms with E-state index in [4.69, 9.17) is 0 Å². The summed E-state index contributed by atoms with van der Waals surface area (Å²) in [5.74, 6) is 0.277. The van der Waals surface area contributed by atoms with Gasteiger partial charge in [0.05, 0.1) is 5.69 Å². The van der Waals surface area contributed by atoms with E-state index in [1.807, 2.05) is 12.1 Å². The zero-order valence-corrected chi connectivity index (χ0v) is 17.0. The Hall–Kier alpha value is -2.30. The molecule has 4 aromatic rings. The number of phenolic OH excluding ortho intramolecular Hbond substituents is 1. The van der Waals surface area contributed by atoms with Crippen molar-refractivity contribution >= 4 is 37.6 Å². The Labute approximate surface area is 167 Å². The van der Waals surface area contributed by atoms with Gasteiger partial charge in [0, 0.05) is 34.6 Å². The number of benzene rings is 3. The van der Waals surface area contributed by atoms with Crippen LogP contribution < -0.4 is 0 Å². The highest BCUT2D eigenvalue weighted by molar-refractivity contribution is 9.10. The lowest BCUT2D eigenvalue weighted by atomic mass is 9.95. The summed E-state index contributed by atoms with van der Waals surface area (Å²) in [4.78, 5) is 0. The minimum atomic E-state index is 0.149. The van der Waals surface area contributed by atoms with E-state index >= 15 is 0 Å². The normalized spacial score (nSPS) is 11.6. The lowest BCUT2D eigenvalue weighted by Crippen LogP contribution is -1.97. The number of hydrogen-bond acceptors (Lipinski definition) is 2. The maximum absolute atomic E-state index is 10.8. The van der Waals surface area contributed by atoms with Gasteiger partial charge in [-0.2, -0.15) is 0 Å². The molecule has 1 heterocycles. The fourth-order valence-electron chi connectivity index (χ4n) is 4.12. The van der Waals surface area contributed by atoms with Gasteiger partial charge in [0.15, 0.2) is 0 Å². The molecule has 0 unspecified atom stereocenters. The predicted molar refractivity (Wildman–Crippen MR) is 115 cm³/mol. The fraction of sp³-hybridized carbons (Fsp3) is 0.217. The number of rotatable bonds is 4. The Morgan fingerprint density at radius 3 is 2.67 bits per heavy atom. The van der Waals surface area contributed by atoms with Crippen molar-refractivity contribution in [2.45, 2.75) is 19.8 Å². The molecule has 0 fully saturated rings. The summed E-state index contributed by atoms with van der Waals surface area (Å²) >= 11 is 3.54. The molecule has 0 saturated heterocycles. The highest BCUT2D eigenvalue weighted by Gasteiger charge is 2.21. The first-order chi connectivity index (χ1) is 13.0. The van der Waals surface area contributed by atoms with Gasteiger partial charge >= 0.3 is 0 Å². The molecule has 0 amide bonds. The highest BCUT2D eigenvalue weighted by Crippen LogP contribution is 2.43. The maximum atomic E-state index is 10.8. The lowest BCUT2D eigenvalue weighted by molar-refractivity contribution is 0.289. The first kappa shape index (κ1) is 18.1. The van der Waals surface area contributed by atoms with Crippen molar-refractivity contribution in [3.63, 3.8) is 0 Å². The van der Waals surface area contributed by atoms with Gasteiger partial charge < -0.3 is 14.8 Å². The van der Waals surface area contributed by atoms with Crippen molar-refractivity contribution in [1.29, 1.82) is 0 Å². The van der Waals surface area contributed by atoms with E-state index in [0.717, 1.165) is 38.4 Å². The summed E-state index contributed by atoms with van der Waals surface area (Å²) in [5, 5.41) is 23.6. The smallest absolute Gasteiger partial charge is 0.125 e. The highest BCUT2D eigenvalue weighted by atomic mass is 79.9.